The van der Waals surface area contributed by atoms with Gasteiger partial charge < -0.3 is 14.2 Å². The molecule has 3 aromatic heterocycles. The standard InChI is InChI=1S/C15H12N4O4/c20-13(17-8-10-4-1-2-6-16-10)11-9-23-15(18-11)19-14(21)12-5-3-7-22-12/h1-7,9H,8H2,(H,17,20)(H,18,19,21). The van der Waals surface area contributed by atoms with Crippen LogP contribution in [-0.4, -0.2) is 21.8 Å². The summed E-state index contributed by atoms with van der Waals surface area (Å²) in [5, 5.41) is 5.04. The van der Waals surface area contributed by atoms with Gasteiger partial charge in [-0.05, 0) is 24.3 Å². The number of nitrogens with one attached hydrogen (secondary N) is 2. The van der Waals surface area contributed by atoms with E-state index in [0.29, 0.717) is 0 Å². The molecule has 0 bridgehead atoms. The van der Waals surface area contributed by atoms with Gasteiger partial charge in [-0.3, -0.25) is 19.9 Å². The van der Waals surface area contributed by atoms with E-state index in [1.165, 1.54) is 12.3 Å². The van der Waals surface area contributed by atoms with Gasteiger partial charge in [-0.2, -0.15) is 4.98 Å². The Kier molecular flexibility index (Phi) is 4.14. The van der Waals surface area contributed by atoms with Crippen molar-refractivity contribution in [2.24, 2.45) is 0 Å². The first-order valence-electron chi connectivity index (χ1n) is 6.71. The molecule has 23 heavy (non-hydrogen) atoms. The van der Waals surface area contributed by atoms with Crippen LogP contribution in [0.5, 0.6) is 0 Å². The molecular weight excluding hydrogens is 300 g/mol. The maximum Gasteiger partial charge on any atom is 0.302 e. The zero-order chi connectivity index (χ0) is 16.1. The van der Waals surface area contributed by atoms with Gasteiger partial charge in [0.2, 0.25) is 0 Å². The van der Waals surface area contributed by atoms with Crippen molar-refractivity contribution in [2.75, 3.05) is 5.32 Å². The zero-order valence-electron chi connectivity index (χ0n) is 11.9. The highest BCUT2D eigenvalue weighted by Gasteiger charge is 2.15. The summed E-state index contributed by atoms with van der Waals surface area (Å²) in [4.78, 5) is 31.7. The molecule has 3 rings (SSSR count). The summed E-state index contributed by atoms with van der Waals surface area (Å²) < 4.78 is 9.99. The van der Waals surface area contributed by atoms with Gasteiger partial charge in [-0.1, -0.05) is 6.07 Å². The zero-order valence-corrected chi connectivity index (χ0v) is 11.9. The number of anilines is 1. The minimum Gasteiger partial charge on any atom is -0.459 e. The SMILES string of the molecule is O=C(NCc1ccccn1)c1coc(NC(=O)c2ccco2)n1. The molecule has 0 aliphatic carbocycles. The normalized spacial score (nSPS) is 10.3. The molecule has 0 fully saturated rings. The van der Waals surface area contributed by atoms with E-state index in [9.17, 15) is 9.59 Å². The first-order valence-corrected chi connectivity index (χ1v) is 6.71. The fraction of sp³-hybridized carbons (Fsp3) is 0.0667. The number of pyridine rings is 1. The van der Waals surface area contributed by atoms with E-state index in [2.05, 4.69) is 20.6 Å². The monoisotopic (exact) mass is 312 g/mol. The van der Waals surface area contributed by atoms with Gasteiger partial charge >= 0.3 is 6.01 Å². The van der Waals surface area contributed by atoms with Gasteiger partial charge in [0.05, 0.1) is 18.5 Å². The van der Waals surface area contributed by atoms with Crippen LogP contribution in [0.1, 0.15) is 26.7 Å². The lowest BCUT2D eigenvalue weighted by molar-refractivity contribution is 0.0943. The van der Waals surface area contributed by atoms with E-state index in [1.54, 1.807) is 24.4 Å². The highest BCUT2D eigenvalue weighted by atomic mass is 16.4. The van der Waals surface area contributed by atoms with Crippen LogP contribution in [0, 0.1) is 0 Å². The summed E-state index contributed by atoms with van der Waals surface area (Å²) in [5.41, 5.74) is 0.770. The van der Waals surface area contributed by atoms with Crippen LogP contribution in [-0.2, 0) is 6.54 Å². The highest BCUT2D eigenvalue weighted by Crippen LogP contribution is 2.10. The molecule has 2 amide bonds. The molecule has 0 spiro atoms. The van der Waals surface area contributed by atoms with Gasteiger partial charge in [0.25, 0.3) is 11.8 Å². The lowest BCUT2D eigenvalue weighted by Gasteiger charge is -2.01. The minimum absolute atomic E-state index is 0.0516. The van der Waals surface area contributed by atoms with Crippen molar-refractivity contribution in [2.45, 2.75) is 6.54 Å². The average Bonchev–Trinajstić information content (AvgIpc) is 3.25. The topological polar surface area (TPSA) is 110 Å². The first kappa shape index (κ1) is 14.5. The summed E-state index contributed by atoms with van der Waals surface area (Å²) >= 11 is 0. The van der Waals surface area contributed by atoms with Crippen molar-refractivity contribution in [1.29, 1.82) is 0 Å². The van der Waals surface area contributed by atoms with Crippen LogP contribution < -0.4 is 10.6 Å². The first-order chi connectivity index (χ1) is 11.2. The molecule has 0 aliphatic heterocycles. The molecule has 116 valence electrons. The van der Waals surface area contributed by atoms with Crippen LogP contribution in [0.15, 0.2) is 57.9 Å². The molecule has 3 aromatic rings. The number of oxazole rings is 1. The molecule has 2 N–H and O–H groups in total. The third kappa shape index (κ3) is 3.62. The number of amides is 2. The summed E-state index contributed by atoms with van der Waals surface area (Å²) in [6.07, 6.45) is 4.17. The molecule has 0 aliphatic rings. The maximum absolute atomic E-state index is 12.0. The second kappa shape index (κ2) is 6.56. The smallest absolute Gasteiger partial charge is 0.302 e. The molecular formula is C15H12N4O4. The number of carbonyl (C=O) groups is 2. The number of rotatable bonds is 5. The summed E-state index contributed by atoms with van der Waals surface area (Å²) in [5.74, 6) is -0.834. The summed E-state index contributed by atoms with van der Waals surface area (Å²) in [6, 6.07) is 8.40. The Morgan fingerprint density at radius 2 is 2.00 bits per heavy atom. The molecule has 0 saturated heterocycles. The van der Waals surface area contributed by atoms with Gasteiger partial charge in [0.15, 0.2) is 11.5 Å². The average molecular weight is 312 g/mol. The van der Waals surface area contributed by atoms with Crippen LogP contribution >= 0.6 is 0 Å². The van der Waals surface area contributed by atoms with Crippen molar-refractivity contribution in [3.8, 4) is 0 Å². The minimum atomic E-state index is -0.516. The second-order valence-electron chi connectivity index (χ2n) is 4.47. The molecule has 3 heterocycles. The fourth-order valence-corrected chi connectivity index (χ4v) is 1.77. The Morgan fingerprint density at radius 1 is 1.09 bits per heavy atom. The van der Waals surface area contributed by atoms with Crippen molar-refractivity contribution >= 4 is 17.8 Å². The van der Waals surface area contributed by atoms with Crippen molar-refractivity contribution in [1.82, 2.24) is 15.3 Å². The third-order valence-electron chi connectivity index (χ3n) is 2.86. The lowest BCUT2D eigenvalue weighted by atomic mass is 10.3. The maximum atomic E-state index is 12.0. The number of hydrogen-bond acceptors (Lipinski definition) is 6. The van der Waals surface area contributed by atoms with E-state index in [4.69, 9.17) is 8.83 Å². The van der Waals surface area contributed by atoms with Crippen LogP contribution in [0.25, 0.3) is 0 Å². The van der Waals surface area contributed by atoms with Gasteiger partial charge in [0, 0.05) is 6.20 Å². The largest absolute Gasteiger partial charge is 0.459 e. The second-order valence-corrected chi connectivity index (χ2v) is 4.47. The van der Waals surface area contributed by atoms with Gasteiger partial charge in [-0.25, -0.2) is 0 Å². The number of nitrogens with zero attached hydrogens (tertiary/aromatic N) is 2. The van der Waals surface area contributed by atoms with Gasteiger partial charge in [0.1, 0.15) is 6.26 Å². The highest BCUT2D eigenvalue weighted by molar-refractivity contribution is 6.01. The lowest BCUT2D eigenvalue weighted by Crippen LogP contribution is -2.23. The molecule has 0 atom stereocenters. The predicted octanol–water partition coefficient (Wildman–Crippen LogP) is 1.84. The fourth-order valence-electron chi connectivity index (χ4n) is 1.77. The van der Waals surface area contributed by atoms with Crippen molar-refractivity contribution < 1.29 is 18.4 Å². The van der Waals surface area contributed by atoms with E-state index >= 15 is 0 Å². The van der Waals surface area contributed by atoms with E-state index in [1.807, 2.05) is 6.07 Å². The van der Waals surface area contributed by atoms with Crippen LogP contribution in [0.3, 0.4) is 0 Å². The van der Waals surface area contributed by atoms with Crippen LogP contribution in [0.4, 0.5) is 6.01 Å². The quantitative estimate of drug-likeness (QED) is 0.744. The Morgan fingerprint density at radius 3 is 2.74 bits per heavy atom. The van der Waals surface area contributed by atoms with Gasteiger partial charge in [-0.15, -0.1) is 0 Å². The van der Waals surface area contributed by atoms with Crippen LogP contribution in [0.2, 0.25) is 0 Å². The van der Waals surface area contributed by atoms with Crippen molar-refractivity contribution in [3.05, 3.63) is 66.2 Å². The van der Waals surface area contributed by atoms with E-state index < -0.39 is 11.8 Å². The number of carbonyl (C=O) groups excluding carboxylic acids is 2. The Labute approximate surface area is 130 Å². The molecule has 8 nitrogen and oxygen atoms in total. The molecule has 0 unspecified atom stereocenters. The van der Waals surface area contributed by atoms with E-state index in [-0.39, 0.29) is 24.0 Å². The number of hydrogen-bond donors (Lipinski definition) is 2. The van der Waals surface area contributed by atoms with E-state index in [0.717, 1.165) is 12.0 Å². The Balaban J connectivity index is 1.58. The summed E-state index contributed by atoms with van der Waals surface area (Å²) in [6.45, 7) is 0.265. The van der Waals surface area contributed by atoms with Crippen molar-refractivity contribution in [3.63, 3.8) is 0 Å². The number of aromatic nitrogens is 2. The molecule has 0 aromatic carbocycles. The predicted molar refractivity (Wildman–Crippen MR) is 78.6 cm³/mol. The number of furan rings is 1. The Bertz CT molecular complexity index is 796. The molecule has 0 saturated carbocycles. The molecule has 0 radical (unpaired) electrons. The molecule has 8 heteroatoms. The third-order valence-corrected chi connectivity index (χ3v) is 2.86. The Hall–Kier alpha value is -3.42. The summed E-state index contributed by atoms with van der Waals surface area (Å²) in [7, 11) is 0.